The molecular weight excluding hydrogens is 326 g/mol. The molecule has 0 bridgehead atoms. The van der Waals surface area contributed by atoms with Crippen LogP contribution >= 0.6 is 22.9 Å². The average molecular weight is 342 g/mol. The fraction of sp³-hybridized carbons (Fsp3) is 0.105. The molecule has 0 aliphatic rings. The summed E-state index contributed by atoms with van der Waals surface area (Å²) >= 11 is 7.38. The molecule has 0 atom stereocenters. The zero-order valence-corrected chi connectivity index (χ0v) is 14.2. The maximum absolute atomic E-state index is 12.9. The normalized spacial score (nSPS) is 10.7. The summed E-state index contributed by atoms with van der Waals surface area (Å²) in [4.78, 5) is 14.0. The van der Waals surface area contributed by atoms with Crippen LogP contribution in [-0.4, -0.2) is 5.78 Å². The highest BCUT2D eigenvalue weighted by molar-refractivity contribution is 7.20. The highest BCUT2D eigenvalue weighted by Crippen LogP contribution is 2.40. The van der Waals surface area contributed by atoms with Crippen LogP contribution in [0.3, 0.4) is 0 Å². The van der Waals surface area contributed by atoms with Crippen LogP contribution < -0.4 is 5.73 Å². The fourth-order valence-electron chi connectivity index (χ4n) is 2.64. The van der Waals surface area contributed by atoms with E-state index in [1.807, 2.05) is 37.3 Å². The number of thiophene rings is 1. The van der Waals surface area contributed by atoms with Crippen molar-refractivity contribution in [3.05, 3.63) is 76.3 Å². The molecular formula is C19H16ClNOS. The quantitative estimate of drug-likeness (QED) is 0.642. The minimum Gasteiger partial charge on any atom is -0.390 e. The van der Waals surface area contributed by atoms with Crippen LogP contribution in [0, 0.1) is 0 Å². The number of carbonyl (C=O) groups excluding carboxylic acids is 1. The molecule has 0 spiro atoms. The fourth-order valence-corrected chi connectivity index (χ4v) is 3.93. The lowest BCUT2D eigenvalue weighted by molar-refractivity contribution is 0.103. The lowest BCUT2D eigenvalue weighted by Gasteiger charge is -2.06. The topological polar surface area (TPSA) is 43.1 Å². The maximum Gasteiger partial charge on any atom is 0.196 e. The molecule has 0 fully saturated rings. The minimum absolute atomic E-state index is 0.0468. The summed E-state index contributed by atoms with van der Waals surface area (Å²) in [5.41, 5.74) is 9.53. The summed E-state index contributed by atoms with van der Waals surface area (Å²) in [6.45, 7) is 2.05. The first-order chi connectivity index (χ1) is 11.1. The first-order valence-electron chi connectivity index (χ1n) is 7.38. The van der Waals surface area contributed by atoms with E-state index in [9.17, 15) is 4.79 Å². The molecule has 2 N–H and O–H groups in total. The van der Waals surface area contributed by atoms with Gasteiger partial charge >= 0.3 is 0 Å². The Kier molecular flexibility index (Phi) is 4.51. The van der Waals surface area contributed by atoms with Crippen molar-refractivity contribution in [2.24, 2.45) is 0 Å². The van der Waals surface area contributed by atoms with Gasteiger partial charge in [-0.15, -0.1) is 11.3 Å². The number of hydrogen-bond acceptors (Lipinski definition) is 3. The van der Waals surface area contributed by atoms with Crippen molar-refractivity contribution < 1.29 is 4.79 Å². The number of benzene rings is 2. The molecule has 0 aliphatic carbocycles. The van der Waals surface area contributed by atoms with Gasteiger partial charge in [0, 0.05) is 15.5 Å². The van der Waals surface area contributed by atoms with E-state index in [0.29, 0.717) is 21.2 Å². The van der Waals surface area contributed by atoms with Gasteiger partial charge in [-0.2, -0.15) is 0 Å². The molecule has 23 heavy (non-hydrogen) atoms. The lowest BCUT2D eigenvalue weighted by Crippen LogP contribution is -2.06. The molecule has 3 rings (SSSR count). The van der Waals surface area contributed by atoms with Gasteiger partial charge in [-0.05, 0) is 41.8 Å². The minimum atomic E-state index is -0.0468. The van der Waals surface area contributed by atoms with Crippen molar-refractivity contribution in [1.82, 2.24) is 0 Å². The molecule has 1 aromatic heterocycles. The van der Waals surface area contributed by atoms with Gasteiger partial charge in [0.1, 0.15) is 0 Å². The molecule has 0 amide bonds. The molecule has 116 valence electrons. The van der Waals surface area contributed by atoms with Gasteiger partial charge in [-0.25, -0.2) is 0 Å². The molecule has 4 heteroatoms. The van der Waals surface area contributed by atoms with E-state index in [0.717, 1.165) is 22.4 Å². The summed E-state index contributed by atoms with van der Waals surface area (Å²) in [5, 5.41) is 1.18. The second-order valence-corrected chi connectivity index (χ2v) is 6.69. The summed E-state index contributed by atoms with van der Waals surface area (Å²) in [5.74, 6) is -0.0468. The Bertz CT molecular complexity index is 838. The van der Waals surface area contributed by atoms with Crippen LogP contribution in [0.25, 0.3) is 10.4 Å². The smallest absolute Gasteiger partial charge is 0.196 e. The van der Waals surface area contributed by atoms with E-state index in [1.165, 1.54) is 11.3 Å². The van der Waals surface area contributed by atoms with Crippen LogP contribution in [0.15, 0.2) is 54.6 Å². The van der Waals surface area contributed by atoms with Crippen molar-refractivity contribution in [2.75, 3.05) is 5.73 Å². The Morgan fingerprint density at radius 2 is 1.74 bits per heavy atom. The van der Waals surface area contributed by atoms with Crippen LogP contribution in [0.5, 0.6) is 0 Å². The van der Waals surface area contributed by atoms with Gasteiger partial charge in [0.15, 0.2) is 5.78 Å². The maximum atomic E-state index is 12.9. The molecule has 0 radical (unpaired) electrons. The molecule has 0 aliphatic heterocycles. The number of halogens is 1. The Morgan fingerprint density at radius 1 is 1.09 bits per heavy atom. The molecule has 3 aromatic rings. The highest BCUT2D eigenvalue weighted by Gasteiger charge is 2.22. The first kappa shape index (κ1) is 15.8. The number of hydrogen-bond donors (Lipinski definition) is 1. The van der Waals surface area contributed by atoms with Gasteiger partial charge in [-0.1, -0.05) is 48.9 Å². The Labute approximate surface area is 144 Å². The summed E-state index contributed by atoms with van der Waals surface area (Å²) < 4.78 is 0. The number of anilines is 1. The number of ketones is 1. The zero-order valence-electron chi connectivity index (χ0n) is 12.7. The number of rotatable bonds is 4. The van der Waals surface area contributed by atoms with Gasteiger partial charge < -0.3 is 5.73 Å². The Morgan fingerprint density at radius 3 is 2.35 bits per heavy atom. The Balaban J connectivity index is 2.11. The van der Waals surface area contributed by atoms with Gasteiger partial charge in [0.05, 0.1) is 10.6 Å². The van der Waals surface area contributed by atoms with Crippen LogP contribution in [0.2, 0.25) is 5.02 Å². The van der Waals surface area contributed by atoms with E-state index in [2.05, 4.69) is 0 Å². The van der Waals surface area contributed by atoms with Crippen molar-refractivity contribution in [1.29, 1.82) is 0 Å². The van der Waals surface area contributed by atoms with E-state index in [1.54, 1.807) is 24.3 Å². The van der Waals surface area contributed by atoms with Crippen molar-refractivity contribution in [3.8, 4) is 10.4 Å². The lowest BCUT2D eigenvalue weighted by atomic mass is 9.97. The van der Waals surface area contributed by atoms with Gasteiger partial charge in [-0.3, -0.25) is 4.79 Å². The first-order valence-corrected chi connectivity index (χ1v) is 8.58. The number of nitrogen functional groups attached to an aromatic ring is 1. The zero-order chi connectivity index (χ0) is 16.4. The predicted molar refractivity (Wildman–Crippen MR) is 98.4 cm³/mol. The third-order valence-electron chi connectivity index (χ3n) is 3.76. The number of nitrogens with two attached hydrogens (primary N) is 1. The highest BCUT2D eigenvalue weighted by atomic mass is 35.5. The van der Waals surface area contributed by atoms with Crippen LogP contribution in [-0.2, 0) is 6.42 Å². The van der Waals surface area contributed by atoms with Crippen molar-refractivity contribution in [2.45, 2.75) is 13.3 Å². The van der Waals surface area contributed by atoms with E-state index < -0.39 is 0 Å². The third kappa shape index (κ3) is 3.03. The molecule has 0 saturated heterocycles. The van der Waals surface area contributed by atoms with Gasteiger partial charge in [0.25, 0.3) is 0 Å². The average Bonchev–Trinajstić information content (AvgIpc) is 2.92. The molecule has 0 unspecified atom stereocenters. The van der Waals surface area contributed by atoms with Crippen molar-refractivity contribution in [3.63, 3.8) is 0 Å². The third-order valence-corrected chi connectivity index (χ3v) is 5.12. The molecule has 2 aromatic carbocycles. The van der Waals surface area contributed by atoms with E-state index in [-0.39, 0.29) is 5.78 Å². The summed E-state index contributed by atoms with van der Waals surface area (Å²) in [6.07, 6.45) is 0.757. The number of carbonyl (C=O) groups is 1. The monoisotopic (exact) mass is 341 g/mol. The van der Waals surface area contributed by atoms with Crippen LogP contribution in [0.1, 0.15) is 28.4 Å². The molecule has 1 heterocycles. The Hall–Kier alpha value is -2.10. The summed E-state index contributed by atoms with van der Waals surface area (Å²) in [7, 11) is 0. The second-order valence-electron chi connectivity index (χ2n) is 5.20. The SMILES string of the molecule is CCc1c(-c2ccccc2)sc(N)c1C(=O)c1ccc(Cl)cc1. The summed E-state index contributed by atoms with van der Waals surface area (Å²) in [6, 6.07) is 17.0. The largest absolute Gasteiger partial charge is 0.390 e. The second kappa shape index (κ2) is 6.57. The molecule has 2 nitrogen and oxygen atoms in total. The van der Waals surface area contributed by atoms with Crippen molar-refractivity contribution >= 4 is 33.7 Å². The van der Waals surface area contributed by atoms with E-state index >= 15 is 0 Å². The molecule has 0 saturated carbocycles. The van der Waals surface area contributed by atoms with Crippen LogP contribution in [0.4, 0.5) is 5.00 Å². The standard InChI is InChI=1S/C19H16ClNOS/c1-2-15-16(17(22)12-8-10-14(20)11-9-12)19(21)23-18(15)13-6-4-3-5-7-13/h3-11H,2,21H2,1H3. The van der Waals surface area contributed by atoms with Gasteiger partial charge in [0.2, 0.25) is 0 Å². The van der Waals surface area contributed by atoms with E-state index in [4.69, 9.17) is 17.3 Å². The predicted octanol–water partition coefficient (Wildman–Crippen LogP) is 5.44.